The van der Waals surface area contributed by atoms with E-state index in [1.165, 1.54) is 11.8 Å². The van der Waals surface area contributed by atoms with E-state index in [2.05, 4.69) is 11.1 Å². The summed E-state index contributed by atoms with van der Waals surface area (Å²) in [6.45, 7) is 0. The molecule has 29 heavy (non-hydrogen) atoms. The standard InChI is InChI=1S/C21H24N4O3S/c1-28-14-7-5-13(6-8-14)16(26)12-29-20-17(19(24)27)21(9-3-2-4-10-21)15(11-22)18(23)25-20/h5-8,17H,2-4,9-10,12,23H2,1H3,(H2,24,27). The molecule has 3 rings (SSSR count). The topological polar surface area (TPSA) is 132 Å². The van der Waals surface area contributed by atoms with E-state index in [1.807, 2.05) is 0 Å². The molecular formula is C21H24N4O3S. The highest BCUT2D eigenvalue weighted by Gasteiger charge is 2.51. The van der Waals surface area contributed by atoms with Gasteiger partial charge in [-0.3, -0.25) is 9.59 Å². The van der Waals surface area contributed by atoms with Crippen LogP contribution in [0.2, 0.25) is 0 Å². The molecule has 1 aromatic rings. The van der Waals surface area contributed by atoms with Crippen LogP contribution in [0.3, 0.4) is 0 Å². The van der Waals surface area contributed by atoms with Crippen molar-refractivity contribution in [2.75, 3.05) is 12.9 Å². The number of Topliss-reactive ketones (excluding diaryl/α,β-unsaturated/α-hetero) is 1. The Hall–Kier alpha value is -2.79. The van der Waals surface area contributed by atoms with Gasteiger partial charge in [0.1, 0.15) is 11.6 Å². The summed E-state index contributed by atoms with van der Waals surface area (Å²) in [5.74, 6) is -0.476. The van der Waals surface area contributed by atoms with Gasteiger partial charge in [-0.25, -0.2) is 4.99 Å². The smallest absolute Gasteiger partial charge is 0.228 e. The van der Waals surface area contributed by atoms with Gasteiger partial charge >= 0.3 is 0 Å². The van der Waals surface area contributed by atoms with Crippen molar-refractivity contribution < 1.29 is 14.3 Å². The molecule has 8 heteroatoms. The number of primary amides is 1. The number of methoxy groups -OCH3 is 1. The molecule has 4 N–H and O–H groups in total. The van der Waals surface area contributed by atoms with Crippen molar-refractivity contribution in [3.63, 3.8) is 0 Å². The number of hydrogen-bond acceptors (Lipinski definition) is 7. The van der Waals surface area contributed by atoms with Gasteiger partial charge in [-0.2, -0.15) is 5.26 Å². The van der Waals surface area contributed by atoms with Crippen LogP contribution in [0.15, 0.2) is 40.7 Å². The van der Waals surface area contributed by atoms with E-state index >= 15 is 0 Å². The van der Waals surface area contributed by atoms with E-state index in [9.17, 15) is 14.9 Å². The number of amides is 1. The summed E-state index contributed by atoms with van der Waals surface area (Å²) >= 11 is 1.18. The molecule has 1 saturated carbocycles. The summed E-state index contributed by atoms with van der Waals surface area (Å²) in [7, 11) is 1.56. The highest BCUT2D eigenvalue weighted by molar-refractivity contribution is 8.14. The molecule has 1 unspecified atom stereocenters. The van der Waals surface area contributed by atoms with Gasteiger partial charge in [-0.1, -0.05) is 19.3 Å². The van der Waals surface area contributed by atoms with Gasteiger partial charge in [0.15, 0.2) is 5.78 Å². The van der Waals surface area contributed by atoms with Crippen LogP contribution < -0.4 is 16.2 Å². The predicted molar refractivity (Wildman–Crippen MR) is 112 cm³/mol. The first kappa shape index (κ1) is 20.9. The van der Waals surface area contributed by atoms with Crippen molar-refractivity contribution in [1.29, 1.82) is 5.26 Å². The summed E-state index contributed by atoms with van der Waals surface area (Å²) in [6.07, 6.45) is 4.16. The van der Waals surface area contributed by atoms with Gasteiger partial charge in [-0.15, -0.1) is 11.8 Å². The average molecular weight is 413 g/mol. The fourth-order valence-corrected chi connectivity index (χ4v) is 5.39. The number of benzene rings is 1. The summed E-state index contributed by atoms with van der Waals surface area (Å²) < 4.78 is 5.11. The Kier molecular flexibility index (Phi) is 6.28. The summed E-state index contributed by atoms with van der Waals surface area (Å²) in [6, 6.07) is 9.01. The Morgan fingerprint density at radius 2 is 1.93 bits per heavy atom. The Labute approximate surface area is 174 Å². The van der Waals surface area contributed by atoms with E-state index in [0.717, 1.165) is 19.3 Å². The molecule has 0 bridgehead atoms. The number of carbonyl (C=O) groups is 2. The normalized spacial score (nSPS) is 20.7. The molecule has 1 atom stereocenters. The van der Waals surface area contributed by atoms with Crippen LogP contribution in [0.1, 0.15) is 42.5 Å². The summed E-state index contributed by atoms with van der Waals surface area (Å²) in [4.78, 5) is 29.4. The van der Waals surface area contributed by atoms with E-state index in [4.69, 9.17) is 16.2 Å². The van der Waals surface area contributed by atoms with Crippen molar-refractivity contribution in [2.45, 2.75) is 32.1 Å². The molecule has 1 aliphatic carbocycles. The lowest BCUT2D eigenvalue weighted by atomic mass is 9.61. The van der Waals surface area contributed by atoms with Crippen LogP contribution in [-0.4, -0.2) is 29.6 Å². The van der Waals surface area contributed by atoms with Gasteiger partial charge < -0.3 is 16.2 Å². The zero-order valence-electron chi connectivity index (χ0n) is 16.3. The Morgan fingerprint density at radius 3 is 2.48 bits per heavy atom. The van der Waals surface area contributed by atoms with Crippen molar-refractivity contribution in [2.24, 2.45) is 27.8 Å². The number of carbonyl (C=O) groups excluding carboxylic acids is 2. The zero-order chi connectivity index (χ0) is 21.0. The summed E-state index contributed by atoms with van der Waals surface area (Å²) in [5, 5.41) is 10.1. The van der Waals surface area contributed by atoms with E-state index in [1.54, 1.807) is 31.4 Å². The minimum absolute atomic E-state index is 0.0974. The molecule has 0 aromatic heterocycles. The molecular weight excluding hydrogens is 388 g/mol. The quantitative estimate of drug-likeness (QED) is 0.715. The lowest BCUT2D eigenvalue weighted by molar-refractivity contribution is -0.123. The lowest BCUT2D eigenvalue weighted by Crippen LogP contribution is -2.48. The molecule has 2 aliphatic rings. The van der Waals surface area contributed by atoms with E-state index < -0.39 is 17.2 Å². The van der Waals surface area contributed by atoms with Crippen LogP contribution in [0.5, 0.6) is 5.75 Å². The fraction of sp³-hybridized carbons (Fsp3) is 0.429. The van der Waals surface area contributed by atoms with Crippen molar-refractivity contribution in [3.8, 4) is 11.8 Å². The van der Waals surface area contributed by atoms with Crippen LogP contribution in [0, 0.1) is 22.7 Å². The molecule has 1 aliphatic heterocycles. The number of nitrogens with two attached hydrogens (primary N) is 2. The van der Waals surface area contributed by atoms with Crippen LogP contribution >= 0.6 is 11.8 Å². The maximum atomic E-state index is 12.6. The minimum Gasteiger partial charge on any atom is -0.497 e. The number of nitriles is 1. The number of thioether (sulfide) groups is 1. The molecule has 1 fully saturated rings. The van der Waals surface area contributed by atoms with Gasteiger partial charge in [0.2, 0.25) is 5.91 Å². The number of hydrogen-bond donors (Lipinski definition) is 2. The lowest BCUT2D eigenvalue weighted by Gasteiger charge is -2.44. The van der Waals surface area contributed by atoms with Crippen LogP contribution in [0.25, 0.3) is 0 Å². The van der Waals surface area contributed by atoms with Crippen LogP contribution in [-0.2, 0) is 4.79 Å². The average Bonchev–Trinajstić information content (AvgIpc) is 2.72. The van der Waals surface area contributed by atoms with Gasteiger partial charge in [0.25, 0.3) is 0 Å². The molecule has 152 valence electrons. The van der Waals surface area contributed by atoms with Gasteiger partial charge in [0.05, 0.1) is 35.5 Å². The first-order valence-corrected chi connectivity index (χ1v) is 10.5. The predicted octanol–water partition coefficient (Wildman–Crippen LogP) is 2.77. The Bertz CT molecular complexity index is 909. The zero-order valence-corrected chi connectivity index (χ0v) is 17.1. The number of aliphatic imine (C=N–C) groups is 1. The third kappa shape index (κ3) is 4.01. The van der Waals surface area contributed by atoms with E-state index in [-0.39, 0.29) is 17.4 Å². The highest BCUT2D eigenvalue weighted by Crippen LogP contribution is 2.52. The highest BCUT2D eigenvalue weighted by atomic mass is 32.2. The minimum atomic E-state index is -0.738. The van der Waals surface area contributed by atoms with Crippen molar-refractivity contribution in [3.05, 3.63) is 41.2 Å². The van der Waals surface area contributed by atoms with Crippen molar-refractivity contribution >= 4 is 28.5 Å². The Morgan fingerprint density at radius 1 is 1.28 bits per heavy atom. The monoisotopic (exact) mass is 412 g/mol. The molecule has 1 heterocycles. The largest absolute Gasteiger partial charge is 0.497 e. The molecule has 0 radical (unpaired) electrons. The molecule has 7 nitrogen and oxygen atoms in total. The molecule has 1 aromatic carbocycles. The second kappa shape index (κ2) is 8.70. The van der Waals surface area contributed by atoms with Crippen LogP contribution in [0.4, 0.5) is 0 Å². The number of ketones is 1. The third-order valence-electron chi connectivity index (χ3n) is 5.69. The first-order valence-electron chi connectivity index (χ1n) is 9.51. The fourth-order valence-electron chi connectivity index (χ4n) is 4.27. The number of nitrogens with zero attached hydrogens (tertiary/aromatic N) is 2. The SMILES string of the molecule is COc1ccc(C(=O)CSC2=NC(N)=C(C#N)C3(CCCCC3)C2C(N)=O)cc1. The molecule has 0 saturated heterocycles. The Balaban J connectivity index is 1.86. The van der Waals surface area contributed by atoms with E-state index in [0.29, 0.717) is 34.8 Å². The van der Waals surface area contributed by atoms with Gasteiger partial charge in [0, 0.05) is 11.0 Å². The first-order chi connectivity index (χ1) is 13.9. The number of allylic oxidation sites excluding steroid dienone is 1. The molecule has 1 spiro atoms. The third-order valence-corrected chi connectivity index (χ3v) is 6.72. The number of ether oxygens (including phenoxy) is 1. The maximum Gasteiger partial charge on any atom is 0.228 e. The molecule has 1 amide bonds. The second-order valence-corrected chi connectivity index (χ2v) is 8.31. The second-order valence-electron chi connectivity index (χ2n) is 7.31. The summed E-state index contributed by atoms with van der Waals surface area (Å²) in [5.41, 5.74) is 12.1. The maximum absolute atomic E-state index is 12.6. The van der Waals surface area contributed by atoms with Crippen molar-refractivity contribution in [1.82, 2.24) is 0 Å². The number of rotatable bonds is 5. The van der Waals surface area contributed by atoms with Gasteiger partial charge in [-0.05, 0) is 37.1 Å².